The maximum Gasteiger partial charge on any atom is 0.312 e. The predicted molar refractivity (Wildman–Crippen MR) is 290 cm³/mol. The summed E-state index contributed by atoms with van der Waals surface area (Å²) in [7, 11) is 1.62. The molecule has 1 saturated heterocycles. The fourth-order valence-corrected chi connectivity index (χ4v) is 7.22. The van der Waals surface area contributed by atoms with E-state index in [4.69, 9.17) is 57.8 Å². The molecule has 81 heavy (non-hydrogen) atoms. The van der Waals surface area contributed by atoms with Crippen molar-refractivity contribution in [3.63, 3.8) is 0 Å². The summed E-state index contributed by atoms with van der Waals surface area (Å²) in [5.41, 5.74) is 6.23. The SMILES string of the molecule is COCCOCCOCCOCCOCCOCCOCCOCCOCCOCCC(=O)NCC[C@H](NC(=O)CN1C(=O)CC(C)C1=O)C(=O)N[C@H](C(=O)NC(CCCNC(N)=O)C(=O)Nc1ccc(COC(C)=O)cc1)C(C)C. The van der Waals surface area contributed by atoms with Crippen LogP contribution in [0.3, 0.4) is 0 Å². The van der Waals surface area contributed by atoms with E-state index in [0.29, 0.717) is 117 Å². The smallest absolute Gasteiger partial charge is 0.312 e. The van der Waals surface area contributed by atoms with Crippen LogP contribution in [0.4, 0.5) is 10.5 Å². The van der Waals surface area contributed by atoms with E-state index in [-0.39, 0.29) is 71.6 Å². The minimum atomic E-state index is -1.36. The van der Waals surface area contributed by atoms with Gasteiger partial charge < -0.3 is 89.7 Å². The monoisotopic (exact) mass is 1160 g/mol. The highest BCUT2D eigenvalue weighted by Gasteiger charge is 2.38. The van der Waals surface area contributed by atoms with Crippen LogP contribution in [0.2, 0.25) is 0 Å². The minimum absolute atomic E-state index is 0.0284. The number of urea groups is 1. The van der Waals surface area contributed by atoms with E-state index < -0.39 is 89.9 Å². The van der Waals surface area contributed by atoms with Gasteiger partial charge in [-0.15, -0.1) is 0 Å². The number of nitrogens with zero attached hydrogens (tertiary/aromatic N) is 1. The van der Waals surface area contributed by atoms with Gasteiger partial charge in [0.25, 0.3) is 0 Å². The first kappa shape index (κ1) is 71.2. The van der Waals surface area contributed by atoms with Crippen molar-refractivity contribution in [3.05, 3.63) is 29.8 Å². The molecular weight excluding hydrogens is 1070 g/mol. The first-order valence-corrected chi connectivity index (χ1v) is 27.3. The Labute approximate surface area is 474 Å². The van der Waals surface area contributed by atoms with E-state index in [1.807, 2.05) is 0 Å². The molecular formula is C53H88N8O20. The second-order valence-electron chi connectivity index (χ2n) is 18.6. The number of likely N-dealkylation sites (tertiary alicyclic amines) is 1. The summed E-state index contributed by atoms with van der Waals surface area (Å²) < 4.78 is 59.1. The summed E-state index contributed by atoms with van der Waals surface area (Å²) in [6.45, 7) is 13.2. The van der Waals surface area contributed by atoms with Crippen LogP contribution in [0.1, 0.15) is 65.4 Å². The number of nitrogens with two attached hydrogens (primary N) is 1. The Balaban J connectivity index is 1.75. The number of carbonyl (C=O) groups excluding carboxylic acids is 9. The van der Waals surface area contributed by atoms with E-state index in [1.165, 1.54) is 6.92 Å². The zero-order valence-electron chi connectivity index (χ0n) is 47.7. The van der Waals surface area contributed by atoms with Crippen LogP contribution in [0.5, 0.6) is 0 Å². The maximum absolute atomic E-state index is 14.0. The summed E-state index contributed by atoms with van der Waals surface area (Å²) >= 11 is 0. The van der Waals surface area contributed by atoms with Crippen molar-refractivity contribution in [3.8, 4) is 0 Å². The van der Waals surface area contributed by atoms with Gasteiger partial charge >= 0.3 is 12.0 Å². The fourth-order valence-electron chi connectivity index (χ4n) is 7.22. The van der Waals surface area contributed by atoms with Gasteiger partial charge in [0.05, 0.1) is 126 Å². The molecule has 2 unspecified atom stereocenters. The molecule has 0 radical (unpaired) electrons. The highest BCUT2D eigenvalue weighted by atomic mass is 16.6. The van der Waals surface area contributed by atoms with Gasteiger partial charge in [0.15, 0.2) is 0 Å². The molecule has 1 aliphatic rings. The molecule has 28 heteroatoms. The molecule has 0 spiro atoms. The maximum atomic E-state index is 14.0. The molecule has 1 heterocycles. The third-order valence-corrected chi connectivity index (χ3v) is 11.6. The van der Waals surface area contributed by atoms with Crippen molar-refractivity contribution in [1.82, 2.24) is 31.5 Å². The molecule has 4 atom stereocenters. The number of esters is 1. The lowest BCUT2D eigenvalue weighted by molar-refractivity contribution is -0.143. The van der Waals surface area contributed by atoms with Crippen molar-refractivity contribution < 1.29 is 95.3 Å². The van der Waals surface area contributed by atoms with Crippen LogP contribution in [0.25, 0.3) is 0 Å². The van der Waals surface area contributed by atoms with E-state index in [9.17, 15) is 43.2 Å². The number of anilines is 1. The molecule has 1 fully saturated rings. The molecule has 28 nitrogen and oxygen atoms in total. The van der Waals surface area contributed by atoms with Gasteiger partial charge in [-0.2, -0.15) is 0 Å². The normalized spacial score (nSPS) is 14.3. The molecule has 460 valence electrons. The highest BCUT2D eigenvalue weighted by molar-refractivity contribution is 6.06. The van der Waals surface area contributed by atoms with Crippen LogP contribution in [-0.2, 0) is 97.1 Å². The van der Waals surface area contributed by atoms with Gasteiger partial charge in [-0.05, 0) is 42.9 Å². The third kappa shape index (κ3) is 34.8. The predicted octanol–water partition coefficient (Wildman–Crippen LogP) is -0.666. The zero-order valence-corrected chi connectivity index (χ0v) is 47.7. The summed E-state index contributed by atoms with van der Waals surface area (Å²) in [5.74, 6) is -6.14. The summed E-state index contributed by atoms with van der Waals surface area (Å²) in [6.07, 6.45) is -0.00388. The van der Waals surface area contributed by atoms with Gasteiger partial charge in [-0.3, -0.25) is 43.3 Å². The molecule has 8 N–H and O–H groups in total. The van der Waals surface area contributed by atoms with E-state index >= 15 is 0 Å². The number of ether oxygens (including phenoxy) is 11. The Hall–Kier alpha value is -5.95. The summed E-state index contributed by atoms with van der Waals surface area (Å²) in [4.78, 5) is 116. The number of carbonyl (C=O) groups is 9. The van der Waals surface area contributed by atoms with Gasteiger partial charge in [0.1, 0.15) is 31.3 Å². The number of hydrogen-bond acceptors (Lipinski definition) is 20. The molecule has 2 rings (SSSR count). The molecule has 0 aromatic heterocycles. The lowest BCUT2D eigenvalue weighted by atomic mass is 10.0. The van der Waals surface area contributed by atoms with E-state index in [2.05, 4.69) is 31.9 Å². The van der Waals surface area contributed by atoms with Gasteiger partial charge in [0, 0.05) is 51.6 Å². The number of nitrogens with one attached hydrogen (secondary N) is 6. The Morgan fingerprint density at radius 3 is 1.52 bits per heavy atom. The van der Waals surface area contributed by atoms with Crippen molar-refractivity contribution in [2.75, 3.05) is 158 Å². The number of primary amides is 1. The van der Waals surface area contributed by atoms with E-state index in [0.717, 1.165) is 4.90 Å². The lowest BCUT2D eigenvalue weighted by Gasteiger charge is -2.27. The van der Waals surface area contributed by atoms with Crippen LogP contribution in [0.15, 0.2) is 24.3 Å². The molecule has 0 saturated carbocycles. The standard InChI is InChI=1S/C53H88N8O20/c1-38(2)48(51(68)59-43(7-6-14-56-53(54)70)49(66)57-42-10-8-41(9-11-42)37-81-40(4)62)60-50(67)44(58-46(64)36-61-47(65)35-39(3)52(61)69)12-15-55-45(63)13-16-72-19-20-74-23-24-76-27-28-78-31-32-80-34-33-79-30-29-77-26-25-75-22-21-73-18-17-71-5/h8-11,38-39,43-44,48H,6-7,12-37H2,1-5H3,(H,55,63)(H,57,66)(H,58,64)(H,59,68)(H,60,67)(H3,54,56,70)/t39?,43?,44-,48-/m0/s1. The zero-order chi connectivity index (χ0) is 59.5. The highest BCUT2D eigenvalue weighted by Crippen LogP contribution is 2.18. The summed E-state index contributed by atoms with van der Waals surface area (Å²) in [6, 6.07) is 1.90. The molecule has 1 aromatic carbocycles. The number of rotatable bonds is 49. The number of methoxy groups -OCH3 is 1. The van der Waals surface area contributed by atoms with E-state index in [1.54, 1.807) is 52.1 Å². The lowest BCUT2D eigenvalue weighted by Crippen LogP contribution is -2.58. The van der Waals surface area contributed by atoms with Crippen molar-refractivity contribution in [2.45, 2.75) is 84.5 Å². The summed E-state index contributed by atoms with van der Waals surface area (Å²) in [5, 5.41) is 15.7. The largest absolute Gasteiger partial charge is 0.461 e. The minimum Gasteiger partial charge on any atom is -0.461 e. The van der Waals surface area contributed by atoms with Gasteiger partial charge in [-0.1, -0.05) is 32.9 Å². The van der Waals surface area contributed by atoms with Crippen molar-refractivity contribution in [1.29, 1.82) is 0 Å². The van der Waals surface area contributed by atoms with Crippen molar-refractivity contribution in [2.24, 2.45) is 17.6 Å². The topological polar surface area (TPSA) is 357 Å². The number of amides is 9. The molecule has 9 amide bonds. The van der Waals surface area contributed by atoms with Crippen LogP contribution in [-0.4, -0.2) is 229 Å². The molecule has 0 bridgehead atoms. The quantitative estimate of drug-likeness (QED) is 0.0242. The first-order chi connectivity index (χ1) is 39.0. The van der Waals surface area contributed by atoms with Crippen molar-refractivity contribution >= 4 is 59.0 Å². The van der Waals surface area contributed by atoms with Crippen LogP contribution < -0.4 is 37.6 Å². The van der Waals surface area contributed by atoms with Crippen LogP contribution in [0, 0.1) is 11.8 Å². The average molecular weight is 1160 g/mol. The molecule has 1 aliphatic heterocycles. The Kier molecular flexibility index (Phi) is 39.2. The Morgan fingerprint density at radius 2 is 1.07 bits per heavy atom. The van der Waals surface area contributed by atoms with Gasteiger partial charge in [-0.25, -0.2) is 4.79 Å². The molecule has 1 aromatic rings. The number of benzene rings is 1. The number of hydrogen-bond donors (Lipinski definition) is 7. The second-order valence-corrected chi connectivity index (χ2v) is 18.6. The number of imide groups is 1. The fraction of sp³-hybridized carbons (Fsp3) is 0.717. The van der Waals surface area contributed by atoms with Gasteiger partial charge in [0.2, 0.25) is 41.4 Å². The third-order valence-electron chi connectivity index (χ3n) is 11.6. The first-order valence-electron chi connectivity index (χ1n) is 27.3. The Bertz CT molecular complexity index is 2000. The Morgan fingerprint density at radius 1 is 0.593 bits per heavy atom. The van der Waals surface area contributed by atoms with Crippen LogP contribution >= 0.6 is 0 Å². The molecule has 0 aliphatic carbocycles. The second kappa shape index (κ2) is 44.7. The average Bonchev–Trinajstić information content (AvgIpc) is 3.66.